The highest BCUT2D eigenvalue weighted by Gasteiger charge is 2.32. The van der Waals surface area contributed by atoms with Gasteiger partial charge in [-0.25, -0.2) is 4.79 Å². The van der Waals surface area contributed by atoms with Gasteiger partial charge < -0.3 is 42.7 Å². The van der Waals surface area contributed by atoms with Crippen LogP contribution >= 0.6 is 11.8 Å². The Kier molecular flexibility index (Phi) is 12.6. The number of aliphatic carboxylic acids is 1. The highest BCUT2D eigenvalue weighted by molar-refractivity contribution is 7.98. The molecule has 172 valence electrons. The van der Waals surface area contributed by atoms with Gasteiger partial charge in [0.15, 0.2) is 0 Å². The zero-order valence-corrected chi connectivity index (χ0v) is 17.5. The van der Waals surface area contributed by atoms with Crippen LogP contribution in [0, 0.1) is 0 Å². The summed E-state index contributed by atoms with van der Waals surface area (Å²) in [5, 5.41) is 34.6. The van der Waals surface area contributed by atoms with E-state index in [4.69, 9.17) is 16.6 Å². The molecule has 0 aliphatic carbocycles. The van der Waals surface area contributed by atoms with Gasteiger partial charge in [-0.05, 0) is 25.4 Å². The predicted octanol–water partition coefficient (Wildman–Crippen LogP) is -4.15. The van der Waals surface area contributed by atoms with Crippen LogP contribution in [0.1, 0.15) is 19.8 Å². The Labute approximate surface area is 177 Å². The highest BCUT2D eigenvalue weighted by Crippen LogP contribution is 2.01. The maximum absolute atomic E-state index is 12.4. The summed E-state index contributed by atoms with van der Waals surface area (Å²) in [7, 11) is 0. The Hall–Kier alpha value is -2.42. The van der Waals surface area contributed by atoms with Gasteiger partial charge in [-0.15, -0.1) is 0 Å². The first kappa shape index (κ1) is 27.6. The summed E-state index contributed by atoms with van der Waals surface area (Å²) in [6.45, 7) is 0.333. The third kappa shape index (κ3) is 9.87. The smallest absolute Gasteiger partial charge is 0.326 e. The molecule has 0 saturated heterocycles. The second-order valence-corrected chi connectivity index (χ2v) is 7.41. The van der Waals surface area contributed by atoms with E-state index in [1.54, 1.807) is 0 Å². The number of rotatable bonds is 14. The molecule has 5 atom stereocenters. The molecule has 0 aliphatic rings. The number of thioether (sulfide) groups is 1. The summed E-state index contributed by atoms with van der Waals surface area (Å²) < 4.78 is 0. The van der Waals surface area contributed by atoms with E-state index < -0.39 is 72.9 Å². The number of carbonyl (C=O) groups excluding carboxylic acids is 4. The maximum Gasteiger partial charge on any atom is 0.326 e. The molecule has 0 aromatic carbocycles. The topological polar surface area (TPSA) is 234 Å². The second-order valence-electron chi connectivity index (χ2n) is 6.43. The van der Waals surface area contributed by atoms with Crippen LogP contribution in [0.25, 0.3) is 0 Å². The lowest BCUT2D eigenvalue weighted by atomic mass is 10.1. The minimum absolute atomic E-state index is 0.335. The van der Waals surface area contributed by atoms with Crippen LogP contribution in [0.4, 0.5) is 0 Å². The Bertz CT molecular complexity index is 633. The van der Waals surface area contributed by atoms with Gasteiger partial charge >= 0.3 is 5.97 Å². The molecular weight excluding hydrogens is 422 g/mol. The van der Waals surface area contributed by atoms with Crippen LogP contribution in [0.3, 0.4) is 0 Å². The molecule has 0 bridgehead atoms. The van der Waals surface area contributed by atoms with Gasteiger partial charge in [-0.1, -0.05) is 0 Å². The number of hydrogen-bond donors (Lipinski definition) is 8. The molecule has 10 N–H and O–H groups in total. The van der Waals surface area contributed by atoms with Crippen LogP contribution in [-0.2, 0) is 24.0 Å². The lowest BCUT2D eigenvalue weighted by Gasteiger charge is -2.25. The van der Waals surface area contributed by atoms with E-state index in [9.17, 15) is 34.2 Å². The quantitative estimate of drug-likeness (QED) is 0.127. The van der Waals surface area contributed by atoms with Crippen molar-refractivity contribution in [3.63, 3.8) is 0 Å². The van der Waals surface area contributed by atoms with Crippen LogP contribution in [0.2, 0.25) is 0 Å². The fourth-order valence-corrected chi connectivity index (χ4v) is 2.66. The third-order valence-electron chi connectivity index (χ3n) is 3.87. The van der Waals surface area contributed by atoms with Crippen LogP contribution in [0.5, 0.6) is 0 Å². The number of aliphatic hydroxyl groups excluding tert-OH is 2. The van der Waals surface area contributed by atoms with Gasteiger partial charge in [0.1, 0.15) is 18.1 Å². The average Bonchev–Trinajstić information content (AvgIpc) is 2.66. The van der Waals surface area contributed by atoms with E-state index in [-0.39, 0.29) is 0 Å². The first-order chi connectivity index (χ1) is 13.9. The fraction of sp³-hybridized carbons (Fsp3) is 0.688. The lowest BCUT2D eigenvalue weighted by Crippen LogP contribution is -2.60. The number of amides is 4. The second kappa shape index (κ2) is 13.7. The molecule has 0 rings (SSSR count). The van der Waals surface area contributed by atoms with Crippen molar-refractivity contribution in [3.8, 4) is 0 Å². The fourth-order valence-electron chi connectivity index (χ4n) is 2.17. The number of nitrogens with one attached hydrogen (secondary N) is 3. The Morgan fingerprint density at radius 2 is 1.57 bits per heavy atom. The Balaban J connectivity index is 5.14. The zero-order chi connectivity index (χ0) is 23.4. The van der Waals surface area contributed by atoms with E-state index in [1.807, 2.05) is 11.6 Å². The molecule has 0 spiro atoms. The van der Waals surface area contributed by atoms with Crippen LogP contribution < -0.4 is 27.4 Å². The molecule has 5 unspecified atom stereocenters. The predicted molar refractivity (Wildman–Crippen MR) is 107 cm³/mol. The van der Waals surface area contributed by atoms with Gasteiger partial charge in [0.05, 0.1) is 25.2 Å². The van der Waals surface area contributed by atoms with Gasteiger partial charge in [0, 0.05) is 0 Å². The highest BCUT2D eigenvalue weighted by atomic mass is 32.2. The van der Waals surface area contributed by atoms with Crippen molar-refractivity contribution in [2.75, 3.05) is 18.6 Å². The Morgan fingerprint density at radius 3 is 2.00 bits per heavy atom. The average molecular weight is 452 g/mol. The van der Waals surface area contributed by atoms with E-state index in [0.29, 0.717) is 12.2 Å². The van der Waals surface area contributed by atoms with Gasteiger partial charge in [-0.2, -0.15) is 11.8 Å². The number of carboxylic acid groups (broad SMARTS) is 1. The van der Waals surface area contributed by atoms with Crippen molar-refractivity contribution in [2.24, 2.45) is 11.5 Å². The van der Waals surface area contributed by atoms with Crippen molar-refractivity contribution in [1.29, 1.82) is 0 Å². The number of aliphatic hydroxyl groups is 2. The molecule has 0 aromatic rings. The van der Waals surface area contributed by atoms with E-state index in [2.05, 4.69) is 10.6 Å². The number of primary amides is 1. The molecule has 0 aromatic heterocycles. The largest absolute Gasteiger partial charge is 0.480 e. The zero-order valence-electron chi connectivity index (χ0n) is 16.7. The molecular formula is C16H29N5O8S. The lowest BCUT2D eigenvalue weighted by molar-refractivity contribution is -0.144. The summed E-state index contributed by atoms with van der Waals surface area (Å²) in [5.41, 5.74) is 10.6. The number of nitrogens with two attached hydrogens (primary N) is 2. The standard InChI is InChI=1S/C16H29N5O8S/c1-7(23)12(15(27)19-9(16(28)29)5-11(18)24)21-14(26)10(6-22)20-13(25)8(17)3-4-30-2/h7-10,12,22-23H,3-6,17H2,1-2H3,(H2,18,24)(H,19,27)(H,20,25)(H,21,26)(H,28,29). The Morgan fingerprint density at radius 1 is 1.00 bits per heavy atom. The molecule has 0 heterocycles. The molecule has 0 radical (unpaired) electrons. The molecule has 14 heteroatoms. The molecule has 13 nitrogen and oxygen atoms in total. The SMILES string of the molecule is CSCCC(N)C(=O)NC(CO)C(=O)NC(C(=O)NC(CC(N)=O)C(=O)O)C(C)O. The minimum atomic E-state index is -1.67. The van der Waals surface area contributed by atoms with E-state index in [1.165, 1.54) is 11.8 Å². The molecule has 0 aliphatic heterocycles. The minimum Gasteiger partial charge on any atom is -0.480 e. The maximum atomic E-state index is 12.4. The van der Waals surface area contributed by atoms with E-state index >= 15 is 0 Å². The summed E-state index contributed by atoms with van der Waals surface area (Å²) >= 11 is 1.47. The van der Waals surface area contributed by atoms with Crippen molar-refractivity contribution >= 4 is 41.4 Å². The molecule has 0 fully saturated rings. The normalized spacial score (nSPS) is 15.8. The monoisotopic (exact) mass is 451 g/mol. The van der Waals surface area contributed by atoms with Crippen molar-refractivity contribution in [2.45, 2.75) is 50.0 Å². The van der Waals surface area contributed by atoms with Gasteiger partial charge in [0.2, 0.25) is 23.6 Å². The van der Waals surface area contributed by atoms with Gasteiger partial charge in [-0.3, -0.25) is 19.2 Å². The molecule has 4 amide bonds. The molecule has 0 saturated carbocycles. The molecule has 30 heavy (non-hydrogen) atoms. The van der Waals surface area contributed by atoms with E-state index in [0.717, 1.165) is 6.92 Å². The summed E-state index contributed by atoms with van der Waals surface area (Å²) in [6, 6.07) is -5.69. The van der Waals surface area contributed by atoms with Crippen molar-refractivity contribution < 1.29 is 39.3 Å². The number of carboxylic acids is 1. The number of carbonyl (C=O) groups is 5. The third-order valence-corrected chi connectivity index (χ3v) is 4.51. The first-order valence-corrected chi connectivity index (χ1v) is 10.3. The van der Waals surface area contributed by atoms with Crippen molar-refractivity contribution in [3.05, 3.63) is 0 Å². The van der Waals surface area contributed by atoms with Crippen molar-refractivity contribution in [1.82, 2.24) is 16.0 Å². The summed E-state index contributed by atoms with van der Waals surface area (Å²) in [6.07, 6.45) is -0.0168. The number of hydrogen-bond acceptors (Lipinski definition) is 9. The summed E-state index contributed by atoms with van der Waals surface area (Å²) in [4.78, 5) is 58.7. The van der Waals surface area contributed by atoms with Crippen LogP contribution in [0.15, 0.2) is 0 Å². The summed E-state index contributed by atoms with van der Waals surface area (Å²) in [5.74, 6) is -4.73. The first-order valence-electron chi connectivity index (χ1n) is 8.90. The van der Waals surface area contributed by atoms with Gasteiger partial charge in [0.25, 0.3) is 0 Å². The van der Waals surface area contributed by atoms with Crippen LogP contribution in [-0.4, -0.2) is 93.8 Å².